The SMILES string of the molecule is CCNC(CCc1cccnc1)c1c(OC)cnn1C. The van der Waals surface area contributed by atoms with Crippen molar-refractivity contribution < 1.29 is 4.74 Å². The van der Waals surface area contributed by atoms with Crippen LogP contribution in [0.3, 0.4) is 0 Å². The molecular formula is C15H22N4O. The van der Waals surface area contributed by atoms with E-state index < -0.39 is 0 Å². The molecule has 0 bridgehead atoms. The molecule has 0 aromatic carbocycles. The van der Waals surface area contributed by atoms with Crippen LogP contribution in [0.2, 0.25) is 0 Å². The van der Waals surface area contributed by atoms with Crippen LogP contribution in [0.4, 0.5) is 0 Å². The van der Waals surface area contributed by atoms with E-state index in [-0.39, 0.29) is 6.04 Å². The van der Waals surface area contributed by atoms with Crippen molar-refractivity contribution in [3.63, 3.8) is 0 Å². The summed E-state index contributed by atoms with van der Waals surface area (Å²) in [4.78, 5) is 4.16. The van der Waals surface area contributed by atoms with Crippen LogP contribution in [0.15, 0.2) is 30.7 Å². The summed E-state index contributed by atoms with van der Waals surface area (Å²) in [6, 6.07) is 4.31. The molecule has 5 nitrogen and oxygen atoms in total. The van der Waals surface area contributed by atoms with Gasteiger partial charge in [0.1, 0.15) is 0 Å². The predicted molar refractivity (Wildman–Crippen MR) is 78.7 cm³/mol. The first-order valence-corrected chi connectivity index (χ1v) is 6.94. The third kappa shape index (κ3) is 3.36. The highest BCUT2D eigenvalue weighted by atomic mass is 16.5. The number of nitrogens with zero attached hydrogens (tertiary/aromatic N) is 3. The first-order valence-electron chi connectivity index (χ1n) is 6.94. The fourth-order valence-electron chi connectivity index (χ4n) is 2.42. The molecule has 0 aliphatic carbocycles. The van der Waals surface area contributed by atoms with Crippen molar-refractivity contribution in [1.29, 1.82) is 0 Å². The summed E-state index contributed by atoms with van der Waals surface area (Å²) < 4.78 is 7.29. The Morgan fingerprint density at radius 1 is 1.40 bits per heavy atom. The van der Waals surface area contributed by atoms with E-state index in [0.29, 0.717) is 0 Å². The number of ether oxygens (including phenoxy) is 1. The summed E-state index contributed by atoms with van der Waals surface area (Å²) in [6.45, 7) is 3.02. The van der Waals surface area contributed by atoms with Gasteiger partial charge in [-0.1, -0.05) is 13.0 Å². The number of pyridine rings is 1. The van der Waals surface area contributed by atoms with Crippen molar-refractivity contribution in [3.05, 3.63) is 42.0 Å². The smallest absolute Gasteiger partial charge is 0.161 e. The molecule has 0 saturated carbocycles. The summed E-state index contributed by atoms with van der Waals surface area (Å²) in [5.41, 5.74) is 2.34. The van der Waals surface area contributed by atoms with Crippen LogP contribution in [0.5, 0.6) is 5.75 Å². The molecule has 0 aliphatic heterocycles. The van der Waals surface area contributed by atoms with Gasteiger partial charge in [0.2, 0.25) is 0 Å². The molecule has 0 radical (unpaired) electrons. The maximum atomic E-state index is 5.41. The molecule has 2 aromatic rings. The molecule has 0 aliphatic rings. The second-order valence-corrected chi connectivity index (χ2v) is 4.73. The Kier molecular flexibility index (Phi) is 5.12. The van der Waals surface area contributed by atoms with E-state index in [1.54, 1.807) is 19.5 Å². The van der Waals surface area contributed by atoms with Crippen molar-refractivity contribution in [2.24, 2.45) is 7.05 Å². The van der Waals surface area contributed by atoms with Gasteiger partial charge in [0, 0.05) is 19.4 Å². The van der Waals surface area contributed by atoms with Crippen LogP contribution < -0.4 is 10.1 Å². The fraction of sp³-hybridized carbons (Fsp3) is 0.467. The second kappa shape index (κ2) is 7.05. The summed E-state index contributed by atoms with van der Waals surface area (Å²) in [6.07, 6.45) is 7.44. The average Bonchev–Trinajstić information content (AvgIpc) is 2.85. The van der Waals surface area contributed by atoms with Gasteiger partial charge in [-0.05, 0) is 31.0 Å². The number of methoxy groups -OCH3 is 1. The number of aromatic nitrogens is 3. The van der Waals surface area contributed by atoms with Crippen LogP contribution in [0.1, 0.15) is 30.6 Å². The topological polar surface area (TPSA) is 52.0 Å². The van der Waals surface area contributed by atoms with Gasteiger partial charge in [0.25, 0.3) is 0 Å². The zero-order valence-corrected chi connectivity index (χ0v) is 12.3. The molecule has 0 amide bonds. The number of nitrogens with one attached hydrogen (secondary N) is 1. The minimum absolute atomic E-state index is 0.225. The molecule has 20 heavy (non-hydrogen) atoms. The van der Waals surface area contributed by atoms with E-state index >= 15 is 0 Å². The minimum Gasteiger partial charge on any atom is -0.493 e. The maximum absolute atomic E-state index is 5.41. The van der Waals surface area contributed by atoms with Crippen LogP contribution in [-0.2, 0) is 13.5 Å². The Morgan fingerprint density at radius 3 is 2.90 bits per heavy atom. The van der Waals surface area contributed by atoms with Crippen LogP contribution in [0, 0.1) is 0 Å². The van der Waals surface area contributed by atoms with E-state index in [1.165, 1.54) is 5.56 Å². The zero-order valence-electron chi connectivity index (χ0n) is 12.3. The number of rotatable bonds is 7. The van der Waals surface area contributed by atoms with Gasteiger partial charge in [-0.3, -0.25) is 9.67 Å². The van der Waals surface area contributed by atoms with Crippen molar-refractivity contribution in [2.45, 2.75) is 25.8 Å². The van der Waals surface area contributed by atoms with E-state index in [1.807, 2.05) is 24.0 Å². The minimum atomic E-state index is 0.225. The number of hydrogen-bond acceptors (Lipinski definition) is 4. The lowest BCUT2D eigenvalue weighted by atomic mass is 10.0. The average molecular weight is 274 g/mol. The Morgan fingerprint density at radius 2 is 2.25 bits per heavy atom. The van der Waals surface area contributed by atoms with Crippen molar-refractivity contribution in [3.8, 4) is 5.75 Å². The van der Waals surface area contributed by atoms with E-state index in [0.717, 1.165) is 30.8 Å². The molecule has 2 rings (SSSR count). The van der Waals surface area contributed by atoms with Crippen LogP contribution in [0.25, 0.3) is 0 Å². The highest BCUT2D eigenvalue weighted by molar-refractivity contribution is 5.28. The van der Waals surface area contributed by atoms with Crippen LogP contribution in [-0.4, -0.2) is 28.4 Å². The first-order chi connectivity index (χ1) is 9.76. The lowest BCUT2D eigenvalue weighted by Gasteiger charge is -2.19. The van der Waals surface area contributed by atoms with Gasteiger partial charge in [-0.15, -0.1) is 0 Å². The Balaban J connectivity index is 2.12. The van der Waals surface area contributed by atoms with Gasteiger partial charge >= 0.3 is 0 Å². The molecule has 2 heterocycles. The Bertz CT molecular complexity index is 524. The van der Waals surface area contributed by atoms with Gasteiger partial charge in [0.05, 0.1) is 25.0 Å². The van der Waals surface area contributed by atoms with Crippen molar-refractivity contribution in [2.75, 3.05) is 13.7 Å². The van der Waals surface area contributed by atoms with E-state index in [2.05, 4.69) is 28.4 Å². The lowest BCUT2D eigenvalue weighted by molar-refractivity contribution is 0.390. The summed E-state index contributed by atoms with van der Waals surface area (Å²) in [7, 11) is 3.64. The van der Waals surface area contributed by atoms with Crippen molar-refractivity contribution >= 4 is 0 Å². The third-order valence-corrected chi connectivity index (χ3v) is 3.39. The normalized spacial score (nSPS) is 12.3. The molecular weight excluding hydrogens is 252 g/mol. The molecule has 0 fully saturated rings. The summed E-state index contributed by atoms with van der Waals surface area (Å²) >= 11 is 0. The molecule has 1 unspecified atom stereocenters. The largest absolute Gasteiger partial charge is 0.493 e. The third-order valence-electron chi connectivity index (χ3n) is 3.39. The van der Waals surface area contributed by atoms with Gasteiger partial charge < -0.3 is 10.1 Å². The summed E-state index contributed by atoms with van der Waals surface area (Å²) in [5, 5.41) is 7.79. The molecule has 1 atom stereocenters. The van der Waals surface area contributed by atoms with Gasteiger partial charge in [-0.2, -0.15) is 5.10 Å². The molecule has 0 spiro atoms. The molecule has 1 N–H and O–H groups in total. The van der Waals surface area contributed by atoms with E-state index in [4.69, 9.17) is 4.74 Å². The standard InChI is InChI=1S/C15H22N4O/c1-4-17-13(8-7-12-6-5-9-16-10-12)15-14(20-3)11-18-19(15)2/h5-6,9-11,13,17H,4,7-8H2,1-3H3. The summed E-state index contributed by atoms with van der Waals surface area (Å²) in [5.74, 6) is 0.838. The molecule has 108 valence electrons. The maximum Gasteiger partial charge on any atom is 0.161 e. The lowest BCUT2D eigenvalue weighted by Crippen LogP contribution is -2.24. The Labute approximate surface area is 120 Å². The van der Waals surface area contributed by atoms with Gasteiger partial charge in [0.15, 0.2) is 5.75 Å². The first kappa shape index (κ1) is 14.5. The monoisotopic (exact) mass is 274 g/mol. The second-order valence-electron chi connectivity index (χ2n) is 4.73. The highest BCUT2D eigenvalue weighted by Crippen LogP contribution is 2.27. The molecule has 5 heteroatoms. The Hall–Kier alpha value is -1.88. The van der Waals surface area contributed by atoms with Gasteiger partial charge in [-0.25, -0.2) is 0 Å². The van der Waals surface area contributed by atoms with E-state index in [9.17, 15) is 0 Å². The zero-order chi connectivity index (χ0) is 14.4. The number of hydrogen-bond donors (Lipinski definition) is 1. The van der Waals surface area contributed by atoms with Crippen LogP contribution >= 0.6 is 0 Å². The quantitative estimate of drug-likeness (QED) is 0.840. The fourth-order valence-corrected chi connectivity index (χ4v) is 2.42. The predicted octanol–water partition coefficient (Wildman–Crippen LogP) is 2.11. The number of aryl methyl sites for hydroxylation is 2. The molecule has 0 saturated heterocycles. The van der Waals surface area contributed by atoms with Crippen molar-refractivity contribution in [1.82, 2.24) is 20.1 Å². The highest BCUT2D eigenvalue weighted by Gasteiger charge is 2.19. The molecule has 2 aromatic heterocycles.